The molecule has 0 atom stereocenters. The molecular formula is C20H13FN6O2. The number of nitrogens with zero attached hydrogens (tertiary/aromatic N) is 5. The standard InChI is InChI=1S/C20H13FN6O2/c21-15-10-13(29-12-4-2-1-3-5-12)6-7-14(15)18-17-19(23)24-11-25-20(17)27(26-18)16(28)8-9-22/h1-7,10-11H,8H2,(H2,23,24,25). The van der Waals surface area contributed by atoms with Crippen LogP contribution in [-0.2, 0) is 0 Å². The smallest absolute Gasteiger partial charge is 0.263 e. The maximum atomic E-state index is 14.9. The number of rotatable bonds is 4. The number of nitriles is 1. The number of carbonyl (C=O) groups excluding carboxylic acids is 1. The Bertz CT molecular complexity index is 1260. The molecule has 2 N–H and O–H groups in total. The van der Waals surface area contributed by atoms with E-state index in [1.165, 1.54) is 18.5 Å². The van der Waals surface area contributed by atoms with Gasteiger partial charge in [-0.25, -0.2) is 14.4 Å². The van der Waals surface area contributed by atoms with Gasteiger partial charge >= 0.3 is 0 Å². The van der Waals surface area contributed by atoms with Crippen molar-refractivity contribution in [1.29, 1.82) is 5.26 Å². The third-order valence-corrected chi connectivity index (χ3v) is 4.14. The van der Waals surface area contributed by atoms with Gasteiger partial charge in [-0.05, 0) is 24.3 Å². The summed E-state index contributed by atoms with van der Waals surface area (Å²) in [6.45, 7) is 0. The normalized spacial score (nSPS) is 10.6. The van der Waals surface area contributed by atoms with E-state index in [0.29, 0.717) is 11.5 Å². The Morgan fingerprint density at radius 1 is 1.17 bits per heavy atom. The van der Waals surface area contributed by atoms with Crippen molar-refractivity contribution in [1.82, 2.24) is 19.7 Å². The van der Waals surface area contributed by atoms with Crippen LogP contribution in [0.2, 0.25) is 0 Å². The molecule has 0 bridgehead atoms. The number of benzene rings is 2. The lowest BCUT2D eigenvalue weighted by molar-refractivity contribution is 0.0909. The highest BCUT2D eigenvalue weighted by Crippen LogP contribution is 2.34. The third-order valence-electron chi connectivity index (χ3n) is 4.14. The second-order valence-electron chi connectivity index (χ2n) is 6.00. The number of halogens is 1. The van der Waals surface area contributed by atoms with Gasteiger partial charge in [0, 0.05) is 11.6 Å². The maximum absolute atomic E-state index is 14.9. The SMILES string of the molecule is N#CCC(=O)n1nc(-c2ccc(Oc3ccccc3)cc2F)c2c(N)ncnc21. The molecule has 9 heteroatoms. The summed E-state index contributed by atoms with van der Waals surface area (Å²) >= 11 is 0. The van der Waals surface area contributed by atoms with Crippen LogP contribution in [0.3, 0.4) is 0 Å². The molecule has 0 unspecified atom stereocenters. The van der Waals surface area contributed by atoms with E-state index in [4.69, 9.17) is 15.7 Å². The maximum Gasteiger partial charge on any atom is 0.263 e. The Labute approximate surface area is 164 Å². The predicted octanol–water partition coefficient (Wildman–Crippen LogP) is 3.56. The van der Waals surface area contributed by atoms with E-state index in [1.54, 1.807) is 36.4 Å². The van der Waals surface area contributed by atoms with E-state index in [0.717, 1.165) is 4.68 Å². The molecular weight excluding hydrogens is 375 g/mol. The van der Waals surface area contributed by atoms with Gasteiger partial charge in [0.15, 0.2) is 5.65 Å². The molecule has 0 saturated carbocycles. The number of anilines is 1. The molecule has 0 aliphatic rings. The van der Waals surface area contributed by atoms with Gasteiger partial charge in [0.1, 0.15) is 41.6 Å². The van der Waals surface area contributed by atoms with E-state index >= 15 is 0 Å². The van der Waals surface area contributed by atoms with Crippen LogP contribution in [0.25, 0.3) is 22.3 Å². The quantitative estimate of drug-likeness (QED) is 0.567. The summed E-state index contributed by atoms with van der Waals surface area (Å²) in [5.41, 5.74) is 6.25. The topological polar surface area (TPSA) is 120 Å². The molecule has 2 aromatic carbocycles. The number of ether oxygens (including phenoxy) is 1. The zero-order valence-corrected chi connectivity index (χ0v) is 14.9. The van der Waals surface area contributed by atoms with Crippen LogP contribution in [0, 0.1) is 17.1 Å². The molecule has 142 valence electrons. The molecule has 4 rings (SSSR count). The summed E-state index contributed by atoms with van der Waals surface area (Å²) in [5, 5.41) is 13.2. The molecule has 4 aromatic rings. The molecule has 0 radical (unpaired) electrons. The summed E-state index contributed by atoms with van der Waals surface area (Å²) in [6.07, 6.45) is 0.763. The van der Waals surface area contributed by atoms with E-state index < -0.39 is 18.1 Å². The number of hydrogen-bond acceptors (Lipinski definition) is 7. The Morgan fingerprint density at radius 3 is 2.69 bits per heavy atom. The first kappa shape index (κ1) is 18.1. The number of nitrogens with two attached hydrogens (primary N) is 1. The van der Waals surface area contributed by atoms with Gasteiger partial charge in [0.25, 0.3) is 5.91 Å². The van der Waals surface area contributed by atoms with Crippen LogP contribution in [0.5, 0.6) is 11.5 Å². The summed E-state index contributed by atoms with van der Waals surface area (Å²) in [4.78, 5) is 20.2. The van der Waals surface area contributed by atoms with Crippen LogP contribution in [0.4, 0.5) is 10.2 Å². The Hall–Kier alpha value is -4.32. The molecule has 0 aliphatic carbocycles. The number of nitrogen functional groups attached to an aromatic ring is 1. The minimum absolute atomic E-state index is 0.0463. The van der Waals surface area contributed by atoms with Gasteiger partial charge in [-0.3, -0.25) is 4.79 Å². The average molecular weight is 388 g/mol. The number of aromatic nitrogens is 4. The largest absolute Gasteiger partial charge is 0.457 e. The van der Waals surface area contributed by atoms with Crippen molar-refractivity contribution in [2.45, 2.75) is 6.42 Å². The fraction of sp³-hybridized carbons (Fsp3) is 0.0500. The molecule has 0 spiro atoms. The first-order valence-corrected chi connectivity index (χ1v) is 8.50. The van der Waals surface area contributed by atoms with Crippen molar-refractivity contribution in [3.8, 4) is 28.8 Å². The van der Waals surface area contributed by atoms with Gasteiger partial charge in [0.05, 0.1) is 11.5 Å². The molecule has 2 heterocycles. The summed E-state index contributed by atoms with van der Waals surface area (Å²) in [6, 6.07) is 15.0. The van der Waals surface area contributed by atoms with Crippen molar-refractivity contribution < 1.29 is 13.9 Å². The van der Waals surface area contributed by atoms with Crippen LogP contribution in [-0.4, -0.2) is 25.7 Å². The van der Waals surface area contributed by atoms with Gasteiger partial charge in [0.2, 0.25) is 0 Å². The average Bonchev–Trinajstić information content (AvgIpc) is 3.10. The van der Waals surface area contributed by atoms with E-state index in [9.17, 15) is 9.18 Å². The lowest BCUT2D eigenvalue weighted by Crippen LogP contribution is -2.12. The van der Waals surface area contributed by atoms with Crippen LogP contribution >= 0.6 is 0 Å². The lowest BCUT2D eigenvalue weighted by Gasteiger charge is -2.07. The summed E-state index contributed by atoms with van der Waals surface area (Å²) in [7, 11) is 0. The fourth-order valence-corrected chi connectivity index (χ4v) is 2.86. The Balaban J connectivity index is 1.80. The molecule has 0 amide bonds. The van der Waals surface area contributed by atoms with Gasteiger partial charge < -0.3 is 10.5 Å². The number of hydrogen-bond donors (Lipinski definition) is 1. The first-order chi connectivity index (χ1) is 14.1. The van der Waals surface area contributed by atoms with Crippen molar-refractivity contribution in [3.63, 3.8) is 0 Å². The highest BCUT2D eigenvalue weighted by Gasteiger charge is 2.22. The zero-order chi connectivity index (χ0) is 20.4. The molecule has 0 saturated heterocycles. The van der Waals surface area contributed by atoms with E-state index in [-0.39, 0.29) is 28.1 Å². The lowest BCUT2D eigenvalue weighted by atomic mass is 10.1. The monoisotopic (exact) mass is 388 g/mol. The highest BCUT2D eigenvalue weighted by atomic mass is 19.1. The third kappa shape index (κ3) is 3.35. The fourth-order valence-electron chi connectivity index (χ4n) is 2.86. The zero-order valence-electron chi connectivity index (χ0n) is 14.9. The van der Waals surface area contributed by atoms with Crippen LogP contribution in [0.15, 0.2) is 54.9 Å². The minimum atomic E-state index is -0.624. The van der Waals surface area contributed by atoms with Crippen LogP contribution in [0.1, 0.15) is 11.2 Å². The van der Waals surface area contributed by atoms with E-state index in [1.807, 2.05) is 6.07 Å². The predicted molar refractivity (Wildman–Crippen MR) is 103 cm³/mol. The van der Waals surface area contributed by atoms with Gasteiger partial charge in [-0.1, -0.05) is 18.2 Å². The highest BCUT2D eigenvalue weighted by molar-refractivity contribution is 6.02. The Kier molecular flexibility index (Phi) is 4.58. The van der Waals surface area contributed by atoms with Gasteiger partial charge in [-0.2, -0.15) is 15.0 Å². The second kappa shape index (κ2) is 7.36. The number of para-hydroxylation sites is 1. The summed E-state index contributed by atoms with van der Waals surface area (Å²) < 4.78 is 21.5. The van der Waals surface area contributed by atoms with Crippen molar-refractivity contribution >= 4 is 22.8 Å². The molecule has 8 nitrogen and oxygen atoms in total. The van der Waals surface area contributed by atoms with Crippen molar-refractivity contribution in [2.75, 3.05) is 5.73 Å². The molecule has 0 fully saturated rings. The number of fused-ring (bicyclic) bond motifs is 1. The minimum Gasteiger partial charge on any atom is -0.457 e. The molecule has 29 heavy (non-hydrogen) atoms. The van der Waals surface area contributed by atoms with Crippen molar-refractivity contribution in [3.05, 3.63) is 60.7 Å². The summed E-state index contributed by atoms with van der Waals surface area (Å²) in [5.74, 6) is -0.322. The Morgan fingerprint density at radius 2 is 1.97 bits per heavy atom. The van der Waals surface area contributed by atoms with Gasteiger partial charge in [-0.15, -0.1) is 0 Å². The number of carbonyl (C=O) groups is 1. The second-order valence-corrected chi connectivity index (χ2v) is 6.00. The van der Waals surface area contributed by atoms with E-state index in [2.05, 4.69) is 15.1 Å². The van der Waals surface area contributed by atoms with Crippen molar-refractivity contribution in [2.24, 2.45) is 0 Å². The van der Waals surface area contributed by atoms with Crippen LogP contribution < -0.4 is 10.5 Å². The first-order valence-electron chi connectivity index (χ1n) is 8.50. The molecule has 0 aliphatic heterocycles. The molecule has 2 aromatic heterocycles.